The third-order valence-corrected chi connectivity index (χ3v) is 5.23. The SMILES string of the molecule is COC(=O)COc1ccc(C(C)(C2=CC=C(O)CC2)c2ccc(O)cc2)cc1. The van der Waals surface area contributed by atoms with Gasteiger partial charge in [0, 0.05) is 11.8 Å². The molecule has 28 heavy (non-hydrogen) atoms. The van der Waals surface area contributed by atoms with Crippen molar-refractivity contribution in [1.29, 1.82) is 0 Å². The van der Waals surface area contributed by atoms with Crippen molar-refractivity contribution in [3.8, 4) is 11.5 Å². The van der Waals surface area contributed by atoms with Crippen molar-refractivity contribution in [3.63, 3.8) is 0 Å². The zero-order valence-corrected chi connectivity index (χ0v) is 16.0. The zero-order valence-electron chi connectivity index (χ0n) is 16.0. The van der Waals surface area contributed by atoms with Gasteiger partial charge in [-0.25, -0.2) is 4.79 Å². The normalized spacial score (nSPS) is 15.8. The van der Waals surface area contributed by atoms with E-state index in [9.17, 15) is 15.0 Å². The Labute approximate surface area is 164 Å². The van der Waals surface area contributed by atoms with Crippen LogP contribution in [0.5, 0.6) is 11.5 Å². The van der Waals surface area contributed by atoms with Gasteiger partial charge in [0.2, 0.25) is 0 Å². The van der Waals surface area contributed by atoms with E-state index in [-0.39, 0.29) is 12.4 Å². The van der Waals surface area contributed by atoms with Gasteiger partial charge in [-0.1, -0.05) is 35.9 Å². The fourth-order valence-electron chi connectivity index (χ4n) is 3.46. The van der Waals surface area contributed by atoms with E-state index in [4.69, 9.17) is 4.74 Å². The molecule has 2 N–H and O–H groups in total. The Morgan fingerprint density at radius 2 is 1.57 bits per heavy atom. The molecular weight excluding hydrogens is 356 g/mol. The van der Waals surface area contributed by atoms with Gasteiger partial charge >= 0.3 is 5.97 Å². The molecule has 0 heterocycles. The predicted octanol–water partition coefficient (Wildman–Crippen LogP) is 4.41. The van der Waals surface area contributed by atoms with E-state index in [1.54, 1.807) is 18.2 Å². The first kappa shape index (κ1) is 19.5. The Hall–Kier alpha value is -3.21. The number of aromatic hydroxyl groups is 1. The standard InChI is InChI=1S/C23H24O5/c1-23(16-3-9-19(24)10-4-16,17-5-11-20(25)12-6-17)18-7-13-21(14-8-18)28-15-22(26)27-2/h3-5,7-11,13-14,24-25H,6,12,15H2,1-2H3. The third kappa shape index (κ3) is 4.03. The second-order valence-corrected chi connectivity index (χ2v) is 6.91. The van der Waals surface area contributed by atoms with E-state index in [0.29, 0.717) is 17.9 Å². The summed E-state index contributed by atoms with van der Waals surface area (Å²) in [7, 11) is 1.32. The lowest BCUT2D eigenvalue weighted by atomic mass is 9.68. The number of phenolic OH excluding ortho intramolecular Hbond substituents is 1. The van der Waals surface area contributed by atoms with Crippen LogP contribution in [0.3, 0.4) is 0 Å². The van der Waals surface area contributed by atoms with Crippen LogP contribution in [-0.2, 0) is 14.9 Å². The number of rotatable bonds is 6. The largest absolute Gasteiger partial charge is 0.512 e. The summed E-state index contributed by atoms with van der Waals surface area (Å²) in [5.74, 6) is 0.741. The summed E-state index contributed by atoms with van der Waals surface area (Å²) in [5.41, 5.74) is 2.81. The molecule has 0 amide bonds. The van der Waals surface area contributed by atoms with Crippen LogP contribution in [0.15, 0.2) is 72.0 Å². The minimum Gasteiger partial charge on any atom is -0.512 e. The van der Waals surface area contributed by atoms with Crippen molar-refractivity contribution in [2.45, 2.75) is 25.2 Å². The van der Waals surface area contributed by atoms with Gasteiger partial charge in [-0.3, -0.25) is 0 Å². The lowest BCUT2D eigenvalue weighted by Gasteiger charge is -2.35. The average molecular weight is 380 g/mol. The molecule has 0 aliphatic heterocycles. The van der Waals surface area contributed by atoms with Gasteiger partial charge in [0.1, 0.15) is 11.5 Å². The highest BCUT2D eigenvalue weighted by molar-refractivity contribution is 5.70. The van der Waals surface area contributed by atoms with Crippen LogP contribution in [-0.4, -0.2) is 29.9 Å². The molecule has 0 aromatic heterocycles. The van der Waals surface area contributed by atoms with E-state index >= 15 is 0 Å². The second-order valence-electron chi connectivity index (χ2n) is 6.91. The fourth-order valence-corrected chi connectivity index (χ4v) is 3.46. The molecule has 5 heteroatoms. The maximum Gasteiger partial charge on any atom is 0.343 e. The van der Waals surface area contributed by atoms with Crippen LogP contribution in [0, 0.1) is 0 Å². The van der Waals surface area contributed by atoms with Crippen LogP contribution in [0.2, 0.25) is 0 Å². The molecule has 5 nitrogen and oxygen atoms in total. The first-order chi connectivity index (χ1) is 13.4. The Morgan fingerprint density at radius 3 is 2.11 bits per heavy atom. The van der Waals surface area contributed by atoms with Crippen molar-refractivity contribution in [2.75, 3.05) is 13.7 Å². The molecule has 0 fully saturated rings. The van der Waals surface area contributed by atoms with E-state index in [2.05, 4.69) is 11.7 Å². The Kier molecular flexibility index (Phi) is 5.73. The van der Waals surface area contributed by atoms with Crippen molar-refractivity contribution in [3.05, 3.63) is 83.1 Å². The molecule has 1 aliphatic rings. The van der Waals surface area contributed by atoms with E-state index < -0.39 is 11.4 Å². The van der Waals surface area contributed by atoms with E-state index in [0.717, 1.165) is 17.5 Å². The number of benzene rings is 2. The topological polar surface area (TPSA) is 76.0 Å². The number of hydrogen-bond acceptors (Lipinski definition) is 5. The molecule has 2 aromatic carbocycles. The maximum atomic E-state index is 11.3. The quantitative estimate of drug-likeness (QED) is 0.726. The van der Waals surface area contributed by atoms with Crippen LogP contribution in [0.4, 0.5) is 0 Å². The van der Waals surface area contributed by atoms with E-state index in [1.165, 1.54) is 12.7 Å². The number of carbonyl (C=O) groups excluding carboxylic acids is 1. The van der Waals surface area contributed by atoms with Crippen molar-refractivity contribution >= 4 is 5.97 Å². The fraction of sp³-hybridized carbons (Fsp3) is 0.261. The second kappa shape index (κ2) is 8.21. The maximum absolute atomic E-state index is 11.3. The highest BCUT2D eigenvalue weighted by atomic mass is 16.6. The number of aliphatic hydroxyl groups excluding tert-OH is 1. The predicted molar refractivity (Wildman–Crippen MR) is 107 cm³/mol. The molecule has 0 bridgehead atoms. The molecule has 0 spiro atoms. The summed E-state index contributed by atoms with van der Waals surface area (Å²) < 4.78 is 10.0. The summed E-state index contributed by atoms with van der Waals surface area (Å²) in [6.45, 7) is 1.99. The van der Waals surface area contributed by atoms with Crippen LogP contribution < -0.4 is 4.74 Å². The van der Waals surface area contributed by atoms with E-state index in [1.807, 2.05) is 42.5 Å². The number of hydrogen-bond donors (Lipinski definition) is 2. The number of methoxy groups -OCH3 is 1. The van der Waals surface area contributed by atoms with Gasteiger partial charge in [0.25, 0.3) is 0 Å². The number of ether oxygens (including phenoxy) is 2. The van der Waals surface area contributed by atoms with Crippen molar-refractivity contribution in [1.82, 2.24) is 0 Å². The lowest BCUT2D eigenvalue weighted by molar-refractivity contribution is -0.142. The Bertz CT molecular complexity index is 894. The molecule has 0 radical (unpaired) electrons. The molecule has 1 aliphatic carbocycles. The minimum absolute atomic E-state index is 0.139. The average Bonchev–Trinajstić information content (AvgIpc) is 2.73. The summed E-state index contributed by atoms with van der Waals surface area (Å²) in [5, 5.41) is 19.4. The molecule has 2 aromatic rings. The zero-order chi connectivity index (χ0) is 20.1. The first-order valence-corrected chi connectivity index (χ1v) is 9.12. The molecule has 3 rings (SSSR count). The molecule has 1 atom stereocenters. The number of aliphatic hydroxyl groups is 1. The Morgan fingerprint density at radius 1 is 0.964 bits per heavy atom. The summed E-state index contributed by atoms with van der Waals surface area (Å²) >= 11 is 0. The Balaban J connectivity index is 1.97. The monoisotopic (exact) mass is 380 g/mol. The third-order valence-electron chi connectivity index (χ3n) is 5.23. The number of phenols is 1. The first-order valence-electron chi connectivity index (χ1n) is 9.12. The van der Waals surface area contributed by atoms with Gasteiger partial charge in [0.05, 0.1) is 12.9 Å². The van der Waals surface area contributed by atoms with Gasteiger partial charge < -0.3 is 19.7 Å². The highest BCUT2D eigenvalue weighted by Gasteiger charge is 2.33. The van der Waals surface area contributed by atoms with Crippen LogP contribution >= 0.6 is 0 Å². The molecule has 146 valence electrons. The van der Waals surface area contributed by atoms with Crippen LogP contribution in [0.25, 0.3) is 0 Å². The summed E-state index contributed by atoms with van der Waals surface area (Å²) in [6.07, 6.45) is 5.04. The van der Waals surface area contributed by atoms with Gasteiger partial charge in [-0.05, 0) is 54.8 Å². The van der Waals surface area contributed by atoms with Gasteiger partial charge in [-0.2, -0.15) is 0 Å². The van der Waals surface area contributed by atoms with Gasteiger partial charge in [-0.15, -0.1) is 0 Å². The number of allylic oxidation sites excluding steroid dienone is 4. The van der Waals surface area contributed by atoms with Crippen molar-refractivity contribution in [2.24, 2.45) is 0 Å². The molecule has 0 saturated heterocycles. The molecule has 1 unspecified atom stereocenters. The summed E-state index contributed by atoms with van der Waals surface area (Å²) in [4.78, 5) is 11.3. The lowest BCUT2D eigenvalue weighted by Crippen LogP contribution is -2.27. The van der Waals surface area contributed by atoms with Gasteiger partial charge in [0.15, 0.2) is 6.61 Å². The van der Waals surface area contributed by atoms with Crippen LogP contribution in [0.1, 0.15) is 30.9 Å². The molecule has 0 saturated carbocycles. The smallest absolute Gasteiger partial charge is 0.343 e. The van der Waals surface area contributed by atoms with Crippen molar-refractivity contribution < 1.29 is 24.5 Å². The molecular formula is C23H24O5. The highest BCUT2D eigenvalue weighted by Crippen LogP contribution is 2.43. The number of esters is 1. The number of carbonyl (C=O) groups is 1. The summed E-state index contributed by atoms with van der Waals surface area (Å²) in [6, 6.07) is 14.8. The minimum atomic E-state index is -0.439.